The van der Waals surface area contributed by atoms with E-state index in [1.54, 1.807) is 12.1 Å². The van der Waals surface area contributed by atoms with Gasteiger partial charge in [0.05, 0.1) is 12.2 Å². The van der Waals surface area contributed by atoms with Crippen LogP contribution in [0.25, 0.3) is 0 Å². The summed E-state index contributed by atoms with van der Waals surface area (Å²) in [4.78, 5) is 20.4. The van der Waals surface area contributed by atoms with Gasteiger partial charge in [-0.15, -0.1) is 0 Å². The molecule has 1 aromatic carbocycles. The van der Waals surface area contributed by atoms with Crippen molar-refractivity contribution in [2.75, 3.05) is 17.2 Å². The van der Waals surface area contributed by atoms with Crippen LogP contribution >= 0.6 is 0 Å². The van der Waals surface area contributed by atoms with E-state index in [2.05, 4.69) is 20.6 Å². The molecule has 0 saturated heterocycles. The third kappa shape index (κ3) is 3.72. The number of amides is 1. The van der Waals surface area contributed by atoms with Gasteiger partial charge in [0.2, 0.25) is 5.95 Å². The summed E-state index contributed by atoms with van der Waals surface area (Å²) in [5, 5.41) is 5.99. The highest BCUT2D eigenvalue weighted by Crippen LogP contribution is 2.22. The van der Waals surface area contributed by atoms with Gasteiger partial charge in [0, 0.05) is 24.1 Å². The molecule has 6 nitrogen and oxygen atoms in total. The van der Waals surface area contributed by atoms with E-state index < -0.39 is 0 Å². The molecular weight excluding hydrogens is 280 g/mol. The molecule has 0 bridgehead atoms. The monoisotopic (exact) mass is 298 g/mol. The van der Waals surface area contributed by atoms with Crippen molar-refractivity contribution in [3.8, 4) is 5.75 Å². The van der Waals surface area contributed by atoms with Crippen LogP contribution in [0.4, 0.5) is 11.6 Å². The maximum Gasteiger partial charge on any atom is 0.258 e. The molecule has 2 aromatic rings. The third-order valence-electron chi connectivity index (χ3n) is 3.25. The van der Waals surface area contributed by atoms with Crippen molar-refractivity contribution < 1.29 is 9.53 Å². The Morgan fingerprint density at radius 3 is 2.50 bits per heavy atom. The Morgan fingerprint density at radius 2 is 1.91 bits per heavy atom. The first-order valence-corrected chi connectivity index (χ1v) is 7.37. The molecular formula is C16H18N4O2. The minimum Gasteiger partial charge on any atom is -0.494 e. The molecule has 0 atom stereocenters. The number of aromatic nitrogens is 2. The summed E-state index contributed by atoms with van der Waals surface area (Å²) in [6, 6.07) is 7.72. The second-order valence-corrected chi connectivity index (χ2v) is 5.13. The molecule has 1 aliphatic rings. The number of benzene rings is 1. The van der Waals surface area contributed by atoms with E-state index in [1.807, 2.05) is 19.1 Å². The first-order valence-electron chi connectivity index (χ1n) is 7.37. The van der Waals surface area contributed by atoms with Crippen LogP contribution in [-0.4, -0.2) is 28.5 Å². The summed E-state index contributed by atoms with van der Waals surface area (Å²) in [6.45, 7) is 2.54. The molecule has 1 amide bonds. The Balaban J connectivity index is 1.60. The second-order valence-electron chi connectivity index (χ2n) is 5.13. The Labute approximate surface area is 128 Å². The first-order chi connectivity index (χ1) is 10.7. The first kappa shape index (κ1) is 14.3. The highest BCUT2D eigenvalue weighted by Gasteiger charge is 2.21. The van der Waals surface area contributed by atoms with Gasteiger partial charge in [-0.2, -0.15) is 0 Å². The lowest BCUT2D eigenvalue weighted by Gasteiger charge is -2.07. The summed E-state index contributed by atoms with van der Waals surface area (Å²) in [7, 11) is 0. The quantitative estimate of drug-likeness (QED) is 0.857. The number of carbonyl (C=O) groups is 1. The van der Waals surface area contributed by atoms with Crippen LogP contribution in [0.3, 0.4) is 0 Å². The Morgan fingerprint density at radius 1 is 1.23 bits per heavy atom. The van der Waals surface area contributed by atoms with E-state index in [0.29, 0.717) is 29.8 Å². The number of hydrogen-bond acceptors (Lipinski definition) is 5. The molecule has 0 aliphatic heterocycles. The zero-order valence-corrected chi connectivity index (χ0v) is 12.4. The topological polar surface area (TPSA) is 76.1 Å². The number of carbonyl (C=O) groups excluding carboxylic acids is 1. The van der Waals surface area contributed by atoms with Crippen LogP contribution in [-0.2, 0) is 0 Å². The van der Waals surface area contributed by atoms with Gasteiger partial charge >= 0.3 is 0 Å². The fourth-order valence-corrected chi connectivity index (χ4v) is 1.93. The molecule has 2 N–H and O–H groups in total. The maximum atomic E-state index is 12.1. The molecule has 0 radical (unpaired) electrons. The van der Waals surface area contributed by atoms with E-state index in [1.165, 1.54) is 12.4 Å². The predicted octanol–water partition coefficient (Wildman–Crippen LogP) is 2.70. The van der Waals surface area contributed by atoms with E-state index in [0.717, 1.165) is 18.6 Å². The lowest BCUT2D eigenvalue weighted by molar-refractivity contribution is 0.102. The molecule has 1 aliphatic carbocycles. The van der Waals surface area contributed by atoms with Crippen LogP contribution < -0.4 is 15.4 Å². The van der Waals surface area contributed by atoms with Gasteiger partial charge in [0.1, 0.15) is 5.75 Å². The molecule has 6 heteroatoms. The average molecular weight is 298 g/mol. The lowest BCUT2D eigenvalue weighted by atomic mass is 10.2. The molecule has 22 heavy (non-hydrogen) atoms. The number of nitrogens with one attached hydrogen (secondary N) is 2. The minimum absolute atomic E-state index is 0.234. The standard InChI is InChI=1S/C16H18N4O2/c1-2-22-14-7-5-12(6-8-14)19-15(21)11-9-17-16(18-10-11)20-13-3-4-13/h5-10,13H,2-4H2,1H3,(H,19,21)(H,17,18,20). The van der Waals surface area contributed by atoms with Crippen molar-refractivity contribution in [1.29, 1.82) is 0 Å². The molecule has 1 fully saturated rings. The number of nitrogens with zero attached hydrogens (tertiary/aromatic N) is 2. The number of rotatable bonds is 6. The van der Waals surface area contributed by atoms with E-state index in [-0.39, 0.29) is 5.91 Å². The molecule has 0 spiro atoms. The van der Waals surface area contributed by atoms with Crippen LogP contribution in [0, 0.1) is 0 Å². The van der Waals surface area contributed by atoms with Crippen LogP contribution in [0.15, 0.2) is 36.7 Å². The highest BCUT2D eigenvalue weighted by atomic mass is 16.5. The van der Waals surface area contributed by atoms with Crippen molar-refractivity contribution >= 4 is 17.5 Å². The highest BCUT2D eigenvalue weighted by molar-refractivity contribution is 6.03. The van der Waals surface area contributed by atoms with Gasteiger partial charge in [-0.25, -0.2) is 9.97 Å². The van der Waals surface area contributed by atoms with Crippen LogP contribution in [0.5, 0.6) is 5.75 Å². The fraction of sp³-hybridized carbons (Fsp3) is 0.312. The van der Waals surface area contributed by atoms with Crippen LogP contribution in [0.2, 0.25) is 0 Å². The summed E-state index contributed by atoms with van der Waals surface area (Å²) in [6.07, 6.45) is 5.37. The van der Waals surface area contributed by atoms with Crippen molar-refractivity contribution in [2.45, 2.75) is 25.8 Å². The Kier molecular flexibility index (Phi) is 4.18. The maximum absolute atomic E-state index is 12.1. The van der Waals surface area contributed by atoms with Gasteiger partial charge in [-0.3, -0.25) is 4.79 Å². The SMILES string of the molecule is CCOc1ccc(NC(=O)c2cnc(NC3CC3)nc2)cc1. The zero-order chi connectivity index (χ0) is 15.4. The number of hydrogen-bond donors (Lipinski definition) is 2. The van der Waals surface area contributed by atoms with Crippen LogP contribution in [0.1, 0.15) is 30.1 Å². The number of ether oxygens (including phenoxy) is 1. The summed E-state index contributed by atoms with van der Waals surface area (Å²) in [5.41, 5.74) is 1.13. The predicted molar refractivity (Wildman–Crippen MR) is 84.2 cm³/mol. The fourth-order valence-electron chi connectivity index (χ4n) is 1.93. The Hall–Kier alpha value is -2.63. The molecule has 1 heterocycles. The smallest absolute Gasteiger partial charge is 0.258 e. The zero-order valence-electron chi connectivity index (χ0n) is 12.4. The molecule has 1 saturated carbocycles. The van der Waals surface area contributed by atoms with E-state index >= 15 is 0 Å². The largest absolute Gasteiger partial charge is 0.494 e. The van der Waals surface area contributed by atoms with Gasteiger partial charge in [0.25, 0.3) is 5.91 Å². The van der Waals surface area contributed by atoms with E-state index in [9.17, 15) is 4.79 Å². The third-order valence-corrected chi connectivity index (χ3v) is 3.25. The van der Waals surface area contributed by atoms with Gasteiger partial charge < -0.3 is 15.4 Å². The molecule has 114 valence electrons. The van der Waals surface area contributed by atoms with E-state index in [4.69, 9.17) is 4.74 Å². The average Bonchev–Trinajstić information content (AvgIpc) is 3.34. The minimum atomic E-state index is -0.234. The van der Waals surface area contributed by atoms with Crippen molar-refractivity contribution in [3.63, 3.8) is 0 Å². The van der Waals surface area contributed by atoms with Crippen molar-refractivity contribution in [1.82, 2.24) is 9.97 Å². The molecule has 0 unspecified atom stereocenters. The molecule has 1 aromatic heterocycles. The lowest BCUT2D eigenvalue weighted by Crippen LogP contribution is -2.13. The van der Waals surface area contributed by atoms with Crippen molar-refractivity contribution in [2.24, 2.45) is 0 Å². The van der Waals surface area contributed by atoms with Crippen molar-refractivity contribution in [3.05, 3.63) is 42.2 Å². The normalized spacial score (nSPS) is 13.5. The summed E-state index contributed by atoms with van der Waals surface area (Å²) in [5.74, 6) is 1.11. The number of anilines is 2. The second kappa shape index (κ2) is 6.43. The van der Waals surface area contributed by atoms with Gasteiger partial charge in [0.15, 0.2) is 0 Å². The summed E-state index contributed by atoms with van der Waals surface area (Å²) >= 11 is 0. The molecule has 3 rings (SSSR count). The van der Waals surface area contributed by atoms with Gasteiger partial charge in [-0.1, -0.05) is 0 Å². The Bertz CT molecular complexity index is 636. The van der Waals surface area contributed by atoms with Gasteiger partial charge in [-0.05, 0) is 44.0 Å². The summed E-state index contributed by atoms with van der Waals surface area (Å²) < 4.78 is 5.36.